The number of fused-ring (bicyclic) bond motifs is 1. The molecule has 1 aromatic carbocycles. The average molecular weight is 292 g/mol. The molecule has 0 bridgehead atoms. The maximum Gasteiger partial charge on any atom is 0.123 e. The highest BCUT2D eigenvalue weighted by molar-refractivity contribution is 6.33. The Morgan fingerprint density at radius 1 is 1.45 bits per heavy atom. The predicted octanol–water partition coefficient (Wildman–Crippen LogP) is 1.03. The van der Waals surface area contributed by atoms with E-state index in [1.54, 1.807) is 24.1 Å². The van der Waals surface area contributed by atoms with Gasteiger partial charge in [0.05, 0.1) is 22.4 Å². The zero-order valence-corrected chi connectivity index (χ0v) is 11.7. The fraction of sp³-hybridized carbons (Fsp3) is 0.429. The Morgan fingerprint density at radius 2 is 2.20 bits per heavy atom. The van der Waals surface area contributed by atoms with Crippen molar-refractivity contribution in [3.05, 3.63) is 33.8 Å². The first-order chi connectivity index (χ1) is 9.54. The van der Waals surface area contributed by atoms with Gasteiger partial charge in [0.15, 0.2) is 0 Å². The van der Waals surface area contributed by atoms with Gasteiger partial charge in [-0.2, -0.15) is 10.4 Å². The zero-order chi connectivity index (χ0) is 14.4. The Bertz CT molecular complexity index is 638. The van der Waals surface area contributed by atoms with E-state index in [4.69, 9.17) is 16.9 Å². The summed E-state index contributed by atoms with van der Waals surface area (Å²) in [7, 11) is 0. The molecule has 0 aliphatic carbocycles. The van der Waals surface area contributed by atoms with Gasteiger partial charge >= 0.3 is 0 Å². The van der Waals surface area contributed by atoms with Crippen LogP contribution < -0.4 is 0 Å². The van der Waals surface area contributed by atoms with Crippen molar-refractivity contribution in [3.8, 4) is 6.07 Å². The second-order valence-electron chi connectivity index (χ2n) is 5.15. The average Bonchev–Trinajstić information content (AvgIpc) is 2.95. The molecule has 2 aliphatic heterocycles. The molecule has 20 heavy (non-hydrogen) atoms. The lowest BCUT2D eigenvalue weighted by Gasteiger charge is -2.19. The minimum atomic E-state index is -0.838. The van der Waals surface area contributed by atoms with Crippen LogP contribution in [-0.2, 0) is 0 Å². The highest BCUT2D eigenvalue weighted by Crippen LogP contribution is 2.32. The number of aliphatic hydroxyl groups is 2. The van der Waals surface area contributed by atoms with Crippen molar-refractivity contribution in [2.45, 2.75) is 31.6 Å². The summed E-state index contributed by atoms with van der Waals surface area (Å²) in [5.41, 5.74) is 2.36. The molecule has 0 aromatic heterocycles. The van der Waals surface area contributed by atoms with Crippen LogP contribution in [0.15, 0.2) is 17.2 Å². The topological polar surface area (TPSA) is 79.8 Å². The molecule has 0 saturated carbocycles. The second-order valence-corrected chi connectivity index (χ2v) is 5.53. The van der Waals surface area contributed by atoms with E-state index >= 15 is 0 Å². The van der Waals surface area contributed by atoms with Crippen molar-refractivity contribution in [2.24, 2.45) is 5.10 Å². The summed E-state index contributed by atoms with van der Waals surface area (Å²) >= 11 is 6.15. The Labute approximate surface area is 121 Å². The van der Waals surface area contributed by atoms with E-state index in [9.17, 15) is 10.2 Å². The molecule has 0 amide bonds. The van der Waals surface area contributed by atoms with Gasteiger partial charge in [-0.05, 0) is 25.0 Å². The van der Waals surface area contributed by atoms with Crippen LogP contribution in [0.1, 0.15) is 23.1 Å². The maximum atomic E-state index is 10.4. The Hall–Kier alpha value is -1.61. The first-order valence-electron chi connectivity index (χ1n) is 6.45. The van der Waals surface area contributed by atoms with E-state index in [1.165, 1.54) is 0 Å². The van der Waals surface area contributed by atoms with Gasteiger partial charge < -0.3 is 10.2 Å². The molecule has 6 heteroatoms. The molecule has 1 fully saturated rings. The summed E-state index contributed by atoms with van der Waals surface area (Å²) in [4.78, 5) is 0. The zero-order valence-electron chi connectivity index (χ0n) is 10.9. The smallest absolute Gasteiger partial charge is 0.123 e. The SMILES string of the molecule is Cc1c(C2=NN3CC[C@H](O)[C@H]3[C@@H]2O)ccc(C#N)c1Cl. The third-order valence-electron chi connectivity index (χ3n) is 4.01. The van der Waals surface area contributed by atoms with Crippen LogP contribution in [0.3, 0.4) is 0 Å². The van der Waals surface area contributed by atoms with Crippen molar-refractivity contribution >= 4 is 17.3 Å². The first-order valence-corrected chi connectivity index (χ1v) is 6.83. The maximum absolute atomic E-state index is 10.4. The molecule has 1 saturated heterocycles. The quantitative estimate of drug-likeness (QED) is 0.810. The standard InChI is InChI=1S/C14H14ClN3O2/c1-7-9(3-2-8(6-16)11(7)15)12-14(20)13-10(19)4-5-18(13)17-12/h2-3,10,13-14,19-20H,4-5H2,1H3/t10-,13-,14+/m0/s1. The molecule has 0 unspecified atom stereocenters. The van der Waals surface area contributed by atoms with Crippen LogP contribution in [0.5, 0.6) is 0 Å². The number of nitriles is 1. The number of hydrogen-bond acceptors (Lipinski definition) is 5. The number of hydrogen-bond donors (Lipinski definition) is 2. The molecule has 2 aliphatic rings. The monoisotopic (exact) mass is 291 g/mol. The molecule has 0 radical (unpaired) electrons. The molecule has 104 valence electrons. The van der Waals surface area contributed by atoms with Gasteiger partial charge in [0.25, 0.3) is 0 Å². The van der Waals surface area contributed by atoms with Gasteiger partial charge in [-0.15, -0.1) is 0 Å². The number of aliphatic hydroxyl groups excluding tert-OH is 2. The van der Waals surface area contributed by atoms with Crippen LogP contribution in [0.4, 0.5) is 0 Å². The van der Waals surface area contributed by atoms with E-state index in [2.05, 4.69) is 5.10 Å². The lowest BCUT2D eigenvalue weighted by molar-refractivity contribution is 0.0643. The van der Waals surface area contributed by atoms with E-state index in [0.29, 0.717) is 29.3 Å². The molecular formula is C14H14ClN3O2. The van der Waals surface area contributed by atoms with E-state index in [1.807, 2.05) is 6.07 Å². The van der Waals surface area contributed by atoms with E-state index in [-0.39, 0.29) is 6.04 Å². The third-order valence-corrected chi connectivity index (χ3v) is 4.50. The van der Waals surface area contributed by atoms with Crippen molar-refractivity contribution in [2.75, 3.05) is 6.54 Å². The van der Waals surface area contributed by atoms with Gasteiger partial charge in [-0.1, -0.05) is 17.7 Å². The summed E-state index contributed by atoms with van der Waals surface area (Å²) in [6, 6.07) is 5.02. The van der Waals surface area contributed by atoms with Crippen LogP contribution in [-0.4, -0.2) is 45.7 Å². The molecule has 1 aromatic rings. The summed E-state index contributed by atoms with van der Waals surface area (Å²) in [6.45, 7) is 2.43. The third kappa shape index (κ3) is 1.80. The minimum Gasteiger partial charge on any atom is -0.391 e. The second kappa shape index (κ2) is 4.74. The number of hydrazone groups is 1. The lowest BCUT2D eigenvalue weighted by atomic mass is 9.94. The van der Waals surface area contributed by atoms with Gasteiger partial charge in [-0.25, -0.2) is 0 Å². The summed E-state index contributed by atoms with van der Waals surface area (Å²) in [6.07, 6.45) is -0.790. The van der Waals surface area contributed by atoms with Crippen LogP contribution >= 0.6 is 11.6 Å². The highest BCUT2D eigenvalue weighted by Gasteiger charge is 2.45. The minimum absolute atomic E-state index is 0.376. The summed E-state index contributed by atoms with van der Waals surface area (Å²) in [5, 5.41) is 35.8. The van der Waals surface area contributed by atoms with Crippen LogP contribution in [0.25, 0.3) is 0 Å². The van der Waals surface area contributed by atoms with Gasteiger partial charge in [0.1, 0.15) is 18.2 Å². The number of nitrogens with zero attached hydrogens (tertiary/aromatic N) is 3. The van der Waals surface area contributed by atoms with Gasteiger partial charge in [0.2, 0.25) is 0 Å². The molecular weight excluding hydrogens is 278 g/mol. The fourth-order valence-corrected chi connectivity index (χ4v) is 3.10. The van der Waals surface area contributed by atoms with E-state index in [0.717, 1.165) is 11.1 Å². The van der Waals surface area contributed by atoms with Crippen molar-refractivity contribution in [3.63, 3.8) is 0 Å². The van der Waals surface area contributed by atoms with Gasteiger partial charge in [0, 0.05) is 12.1 Å². The Morgan fingerprint density at radius 3 is 2.85 bits per heavy atom. The first kappa shape index (κ1) is 13.4. The van der Waals surface area contributed by atoms with Crippen molar-refractivity contribution in [1.29, 1.82) is 5.26 Å². The fourth-order valence-electron chi connectivity index (χ4n) is 2.89. The van der Waals surface area contributed by atoms with Crippen molar-refractivity contribution < 1.29 is 10.2 Å². The summed E-state index contributed by atoms with van der Waals surface area (Å²) < 4.78 is 0. The van der Waals surface area contributed by atoms with E-state index < -0.39 is 12.2 Å². The largest absolute Gasteiger partial charge is 0.391 e. The lowest BCUT2D eigenvalue weighted by Crippen LogP contribution is -2.40. The molecule has 0 spiro atoms. The highest BCUT2D eigenvalue weighted by atomic mass is 35.5. The van der Waals surface area contributed by atoms with Crippen LogP contribution in [0.2, 0.25) is 5.02 Å². The number of halogens is 1. The molecule has 3 atom stereocenters. The van der Waals surface area contributed by atoms with Gasteiger partial charge in [-0.3, -0.25) is 5.01 Å². The van der Waals surface area contributed by atoms with Crippen molar-refractivity contribution in [1.82, 2.24) is 5.01 Å². The molecule has 5 nitrogen and oxygen atoms in total. The number of benzene rings is 1. The summed E-state index contributed by atoms with van der Waals surface area (Å²) in [5.74, 6) is 0. The molecule has 3 rings (SSSR count). The molecule has 2 heterocycles. The molecule has 2 N–H and O–H groups in total. The normalized spacial score (nSPS) is 28.2. The Balaban J connectivity index is 2.03. The predicted molar refractivity (Wildman–Crippen MR) is 74.6 cm³/mol. The number of rotatable bonds is 1. The Kier molecular flexibility index (Phi) is 3.17. The van der Waals surface area contributed by atoms with Crippen LogP contribution in [0, 0.1) is 18.3 Å².